The van der Waals surface area contributed by atoms with Crippen molar-refractivity contribution in [3.05, 3.63) is 57.1 Å². The molecule has 0 saturated heterocycles. The molecule has 0 spiro atoms. The van der Waals surface area contributed by atoms with Gasteiger partial charge in [-0.3, -0.25) is 4.72 Å². The number of nitrogens with one attached hydrogen (secondary N) is 1. The zero-order valence-electron chi connectivity index (χ0n) is 12.5. The summed E-state index contributed by atoms with van der Waals surface area (Å²) >= 11 is 3.48. The second kappa shape index (κ2) is 5.81. The number of hydrogen-bond acceptors (Lipinski definition) is 2. The Hall–Kier alpha value is -1.33. The Kier molecular flexibility index (Phi) is 4.44. The van der Waals surface area contributed by atoms with Crippen LogP contribution in [-0.4, -0.2) is 8.42 Å². The monoisotopic (exact) mass is 367 g/mol. The lowest BCUT2D eigenvalue weighted by Gasteiger charge is -2.13. The highest BCUT2D eigenvalue weighted by Crippen LogP contribution is 2.27. The maximum Gasteiger partial charge on any atom is 0.262 e. The number of aryl methyl sites for hydroxylation is 4. The maximum absolute atomic E-state index is 12.5. The molecule has 0 aliphatic rings. The van der Waals surface area contributed by atoms with Crippen LogP contribution in [-0.2, 0) is 10.0 Å². The van der Waals surface area contributed by atoms with Gasteiger partial charge in [0.05, 0.1) is 4.90 Å². The summed E-state index contributed by atoms with van der Waals surface area (Å²) in [6, 6.07) is 8.95. The minimum absolute atomic E-state index is 0.311. The number of hydrogen-bond donors (Lipinski definition) is 1. The molecular formula is C16H18BrNO2S. The maximum atomic E-state index is 12.5. The van der Waals surface area contributed by atoms with Crippen LogP contribution in [0.3, 0.4) is 0 Å². The van der Waals surface area contributed by atoms with Crippen LogP contribution in [0.2, 0.25) is 0 Å². The molecule has 0 aliphatic carbocycles. The van der Waals surface area contributed by atoms with Crippen LogP contribution >= 0.6 is 15.9 Å². The normalized spacial score (nSPS) is 11.5. The third kappa shape index (κ3) is 3.47. The summed E-state index contributed by atoms with van der Waals surface area (Å²) in [7, 11) is -3.57. The number of sulfonamides is 1. The summed E-state index contributed by atoms with van der Waals surface area (Å²) in [5, 5.41) is 0. The average molecular weight is 368 g/mol. The predicted molar refractivity (Wildman–Crippen MR) is 90.3 cm³/mol. The van der Waals surface area contributed by atoms with E-state index in [4.69, 9.17) is 0 Å². The Bertz CT molecular complexity index is 775. The van der Waals surface area contributed by atoms with E-state index in [0.717, 1.165) is 26.7 Å². The van der Waals surface area contributed by atoms with Gasteiger partial charge in [0.2, 0.25) is 0 Å². The van der Waals surface area contributed by atoms with E-state index in [2.05, 4.69) is 20.7 Å². The smallest absolute Gasteiger partial charge is 0.262 e. The Labute approximate surface area is 134 Å². The summed E-state index contributed by atoms with van der Waals surface area (Å²) in [5.41, 5.74) is 4.35. The first-order valence-electron chi connectivity index (χ1n) is 6.57. The van der Waals surface area contributed by atoms with Gasteiger partial charge in [0.1, 0.15) is 0 Å². The molecule has 2 aromatic rings. The molecule has 3 nitrogen and oxygen atoms in total. The molecule has 0 aliphatic heterocycles. The molecule has 2 aromatic carbocycles. The second-order valence-electron chi connectivity index (χ2n) is 5.30. The summed E-state index contributed by atoms with van der Waals surface area (Å²) < 4.78 is 28.7. The van der Waals surface area contributed by atoms with Crippen molar-refractivity contribution in [1.82, 2.24) is 0 Å². The van der Waals surface area contributed by atoms with Crippen molar-refractivity contribution >= 4 is 31.6 Å². The molecule has 0 radical (unpaired) electrons. The van der Waals surface area contributed by atoms with Crippen molar-refractivity contribution in [3.8, 4) is 0 Å². The summed E-state index contributed by atoms with van der Waals surface area (Å²) in [6.07, 6.45) is 0. The molecule has 2 rings (SSSR count). The van der Waals surface area contributed by atoms with E-state index in [1.165, 1.54) is 0 Å². The standard InChI is InChI=1S/C16H18BrNO2S/c1-10-5-6-15(11(2)7-10)21(19,20)18-14-8-12(3)16(17)13(4)9-14/h5-9,18H,1-4H3. The quantitative estimate of drug-likeness (QED) is 0.868. The molecule has 5 heteroatoms. The van der Waals surface area contributed by atoms with Gasteiger partial charge in [-0.2, -0.15) is 0 Å². The van der Waals surface area contributed by atoms with Crippen LogP contribution in [0, 0.1) is 27.7 Å². The molecule has 0 aromatic heterocycles. The summed E-state index contributed by atoms with van der Waals surface area (Å²) in [4.78, 5) is 0.311. The molecule has 0 saturated carbocycles. The lowest BCUT2D eigenvalue weighted by atomic mass is 10.1. The number of anilines is 1. The van der Waals surface area contributed by atoms with Crippen LogP contribution in [0.1, 0.15) is 22.3 Å². The molecule has 0 fully saturated rings. The molecule has 0 heterocycles. The van der Waals surface area contributed by atoms with Gasteiger partial charge < -0.3 is 0 Å². The zero-order chi connectivity index (χ0) is 15.8. The number of halogens is 1. The lowest BCUT2D eigenvalue weighted by molar-refractivity contribution is 0.600. The van der Waals surface area contributed by atoms with Crippen molar-refractivity contribution in [2.24, 2.45) is 0 Å². The van der Waals surface area contributed by atoms with Crippen molar-refractivity contribution in [2.45, 2.75) is 32.6 Å². The van der Waals surface area contributed by atoms with Gasteiger partial charge in [-0.25, -0.2) is 8.42 Å². The third-order valence-corrected chi connectivity index (χ3v) is 6.10. The van der Waals surface area contributed by atoms with E-state index in [1.807, 2.05) is 39.0 Å². The average Bonchev–Trinajstić information content (AvgIpc) is 2.34. The molecule has 0 amide bonds. The van der Waals surface area contributed by atoms with Gasteiger partial charge in [-0.05, 0) is 62.6 Å². The molecule has 0 unspecified atom stereocenters. The molecule has 1 N–H and O–H groups in total. The Morgan fingerprint density at radius 2 is 1.48 bits per heavy atom. The Morgan fingerprint density at radius 1 is 0.905 bits per heavy atom. The number of rotatable bonds is 3. The first-order chi connectivity index (χ1) is 9.70. The van der Waals surface area contributed by atoms with Crippen molar-refractivity contribution in [2.75, 3.05) is 4.72 Å². The van der Waals surface area contributed by atoms with Crippen LogP contribution in [0.15, 0.2) is 39.7 Å². The van der Waals surface area contributed by atoms with Gasteiger partial charge in [-0.15, -0.1) is 0 Å². The van der Waals surface area contributed by atoms with E-state index in [9.17, 15) is 8.42 Å². The Balaban J connectivity index is 2.42. The van der Waals surface area contributed by atoms with Gasteiger partial charge in [-0.1, -0.05) is 33.6 Å². The summed E-state index contributed by atoms with van der Waals surface area (Å²) in [6.45, 7) is 7.62. The highest BCUT2D eigenvalue weighted by Gasteiger charge is 2.17. The van der Waals surface area contributed by atoms with Crippen LogP contribution < -0.4 is 4.72 Å². The molecule has 0 atom stereocenters. The van der Waals surface area contributed by atoms with Gasteiger partial charge in [0.15, 0.2) is 0 Å². The fraction of sp³-hybridized carbons (Fsp3) is 0.250. The molecule has 0 bridgehead atoms. The van der Waals surface area contributed by atoms with Crippen LogP contribution in [0.4, 0.5) is 5.69 Å². The predicted octanol–water partition coefficient (Wildman–Crippen LogP) is 4.48. The number of benzene rings is 2. The Morgan fingerprint density at radius 3 is 2.00 bits per heavy atom. The lowest BCUT2D eigenvalue weighted by Crippen LogP contribution is -2.14. The second-order valence-corrected chi connectivity index (χ2v) is 7.74. The first kappa shape index (κ1) is 16.0. The molecule has 21 heavy (non-hydrogen) atoms. The highest BCUT2D eigenvalue weighted by atomic mass is 79.9. The van der Waals surface area contributed by atoms with Crippen LogP contribution in [0.25, 0.3) is 0 Å². The fourth-order valence-corrected chi connectivity index (χ4v) is 3.81. The zero-order valence-corrected chi connectivity index (χ0v) is 14.9. The summed E-state index contributed by atoms with van der Waals surface area (Å²) in [5.74, 6) is 0. The van der Waals surface area contributed by atoms with Gasteiger partial charge in [0, 0.05) is 10.2 Å². The molecule has 112 valence electrons. The van der Waals surface area contributed by atoms with Gasteiger partial charge >= 0.3 is 0 Å². The third-order valence-electron chi connectivity index (χ3n) is 3.31. The van der Waals surface area contributed by atoms with E-state index < -0.39 is 10.0 Å². The minimum Gasteiger partial charge on any atom is -0.280 e. The van der Waals surface area contributed by atoms with E-state index in [1.54, 1.807) is 19.1 Å². The first-order valence-corrected chi connectivity index (χ1v) is 8.85. The fourth-order valence-electron chi connectivity index (χ4n) is 2.32. The van der Waals surface area contributed by atoms with E-state index in [-0.39, 0.29) is 0 Å². The van der Waals surface area contributed by atoms with Crippen LogP contribution in [0.5, 0.6) is 0 Å². The van der Waals surface area contributed by atoms with E-state index >= 15 is 0 Å². The van der Waals surface area contributed by atoms with Gasteiger partial charge in [0.25, 0.3) is 10.0 Å². The van der Waals surface area contributed by atoms with Crippen molar-refractivity contribution in [1.29, 1.82) is 0 Å². The largest absolute Gasteiger partial charge is 0.280 e. The minimum atomic E-state index is -3.57. The highest BCUT2D eigenvalue weighted by molar-refractivity contribution is 9.10. The SMILES string of the molecule is Cc1ccc(S(=O)(=O)Nc2cc(C)c(Br)c(C)c2)c(C)c1. The van der Waals surface area contributed by atoms with E-state index in [0.29, 0.717) is 10.6 Å². The topological polar surface area (TPSA) is 46.2 Å². The molecular weight excluding hydrogens is 350 g/mol. The van der Waals surface area contributed by atoms with Crippen molar-refractivity contribution in [3.63, 3.8) is 0 Å². The van der Waals surface area contributed by atoms with Crippen molar-refractivity contribution < 1.29 is 8.42 Å².